The molecule has 0 aromatic carbocycles. The Morgan fingerprint density at radius 3 is 1.20 bits per heavy atom. The molecule has 0 fully saturated rings. The van der Waals surface area contributed by atoms with E-state index in [1.165, 1.54) is 0 Å². The third-order valence-electron chi connectivity index (χ3n) is 0. The second kappa shape index (κ2) is 1.78. The van der Waals surface area contributed by atoms with Crippen molar-refractivity contribution in [2.24, 2.45) is 0 Å². The summed E-state index contributed by atoms with van der Waals surface area (Å²) in [6, 6.07) is 0. The van der Waals surface area contributed by atoms with Gasteiger partial charge in [-0.25, -0.2) is 0 Å². The molecule has 0 radical (unpaired) electrons. The molecule has 0 amide bonds. The van der Waals surface area contributed by atoms with Gasteiger partial charge in [0.05, 0.1) is 0 Å². The molecule has 0 unspecified atom stereocenters. The van der Waals surface area contributed by atoms with Crippen LogP contribution >= 0.6 is 22.1 Å². The molecule has 0 bridgehead atoms. The quantitative estimate of drug-likeness (QED) is 0.405. The van der Waals surface area contributed by atoms with Crippen LogP contribution in [0.15, 0.2) is 0 Å². The van der Waals surface area contributed by atoms with Gasteiger partial charge in [-0.1, -0.05) is 0 Å². The van der Waals surface area contributed by atoms with Crippen LogP contribution in [0.5, 0.6) is 0 Å². The molecule has 0 aliphatic carbocycles. The second-order valence-corrected chi connectivity index (χ2v) is 17.3. The topological polar surface area (TPSA) is 0 Å². The van der Waals surface area contributed by atoms with Crippen molar-refractivity contribution in [1.82, 2.24) is 0 Å². The van der Waals surface area contributed by atoms with Crippen LogP contribution in [0.2, 0.25) is 11.6 Å². The zero-order chi connectivity index (χ0) is 4.50. The van der Waals surface area contributed by atoms with Crippen molar-refractivity contribution in [3.05, 3.63) is 0 Å². The minimum absolute atomic E-state index is 1.36. The van der Waals surface area contributed by atoms with E-state index >= 15 is 0 Å². The van der Waals surface area contributed by atoms with Crippen LogP contribution in [0.1, 0.15) is 0 Å². The molecular weight excluding hydrogens is 167 g/mol. The molecule has 5 heavy (non-hydrogen) atoms. The maximum atomic E-state index is 4.14. The number of rotatable bonds is 0. The van der Waals surface area contributed by atoms with Gasteiger partial charge in [0.1, 0.15) is 0 Å². The van der Waals surface area contributed by atoms with E-state index < -0.39 is 10.6 Å². The third kappa shape index (κ3) is 36.4. The van der Waals surface area contributed by atoms with E-state index in [1.807, 2.05) is 0 Å². The third-order valence-corrected chi connectivity index (χ3v) is 0. The minimum atomic E-state index is -1.36. The van der Waals surface area contributed by atoms with Crippen molar-refractivity contribution in [3.63, 3.8) is 0 Å². The predicted molar refractivity (Wildman–Crippen MR) is 35.5 cm³/mol. The van der Waals surface area contributed by atoms with Crippen molar-refractivity contribution in [2.45, 2.75) is 11.6 Å². The van der Waals surface area contributed by atoms with Crippen LogP contribution < -0.4 is 0 Å². The van der Waals surface area contributed by atoms with Gasteiger partial charge in [-0.3, -0.25) is 0 Å². The number of thiol groups is 2. The zero-order valence-electron chi connectivity index (χ0n) is 3.30. The summed E-state index contributed by atoms with van der Waals surface area (Å²) in [4.78, 5) is 0. The van der Waals surface area contributed by atoms with Crippen LogP contribution in [0.25, 0.3) is 0 Å². The molecule has 0 spiro atoms. The summed E-state index contributed by atoms with van der Waals surface area (Å²) in [6.45, 7) is 0. The summed E-state index contributed by atoms with van der Waals surface area (Å²) < 4.78 is 0. The Labute approximate surface area is 44.5 Å². The van der Waals surface area contributed by atoms with Gasteiger partial charge in [-0.2, -0.15) is 0 Å². The molecule has 0 saturated carbocycles. The van der Waals surface area contributed by atoms with E-state index in [4.69, 9.17) is 0 Å². The fourth-order valence-corrected chi connectivity index (χ4v) is 0. The van der Waals surface area contributed by atoms with Crippen LogP contribution in [0.4, 0.5) is 0 Å². The predicted octanol–water partition coefficient (Wildman–Crippen LogP) is 1.55. The first-order valence-electron chi connectivity index (χ1n) is 1.18. The van der Waals surface area contributed by atoms with Crippen molar-refractivity contribution < 1.29 is 0 Å². The van der Waals surface area contributed by atoms with E-state index in [1.54, 1.807) is 0 Å². The second-order valence-electron chi connectivity index (χ2n) is 1.22. The summed E-state index contributed by atoms with van der Waals surface area (Å²) in [5.74, 6) is 4.14. The molecule has 0 aromatic heterocycles. The van der Waals surface area contributed by atoms with E-state index in [0.29, 0.717) is 0 Å². The fourth-order valence-electron chi connectivity index (χ4n) is 0. The van der Waals surface area contributed by atoms with Gasteiger partial charge in [-0.15, -0.1) is 0 Å². The van der Waals surface area contributed by atoms with Gasteiger partial charge in [-0.05, 0) is 0 Å². The zero-order valence-corrected chi connectivity index (χ0v) is 6.80. The molecule has 0 heterocycles. The van der Waals surface area contributed by atoms with E-state index in [-0.39, 0.29) is 0 Å². The van der Waals surface area contributed by atoms with E-state index in [0.717, 1.165) is 0 Å². The molecule has 0 nitrogen and oxygen atoms in total. The summed E-state index contributed by atoms with van der Waals surface area (Å²) in [6.07, 6.45) is 0. The van der Waals surface area contributed by atoms with Gasteiger partial charge in [0.25, 0.3) is 0 Å². The van der Waals surface area contributed by atoms with Crippen molar-refractivity contribution in [2.75, 3.05) is 0 Å². The van der Waals surface area contributed by atoms with Gasteiger partial charge >= 0.3 is 44.3 Å². The van der Waals surface area contributed by atoms with Gasteiger partial charge < -0.3 is 0 Å². The maximum absolute atomic E-state index is 4.14. The first-order chi connectivity index (χ1) is 2.00. The number of hydrogen-bond donors (Lipinski definition) is 2. The Bertz CT molecular complexity index is 23.1. The van der Waals surface area contributed by atoms with E-state index in [2.05, 4.69) is 33.7 Å². The first-order valence-corrected chi connectivity index (χ1v) is 9.93. The number of hydrogen-bond acceptors (Lipinski definition) is 2. The van der Waals surface area contributed by atoms with Crippen molar-refractivity contribution in [1.29, 1.82) is 0 Å². The molecule has 0 aromatic rings. The molecule has 0 rings (SSSR count). The van der Waals surface area contributed by atoms with Gasteiger partial charge in [0, 0.05) is 0 Å². The van der Waals surface area contributed by atoms with Crippen molar-refractivity contribution >= 4 is 32.7 Å². The summed E-state index contributed by atoms with van der Waals surface area (Å²) in [7, 11) is -1.36. The van der Waals surface area contributed by atoms with Crippen molar-refractivity contribution in [3.8, 4) is 0 Å². The Hall–Kier alpha value is 1.22. The molecule has 0 aliphatic rings. The molecule has 34 valence electrons. The average molecular weight is 175 g/mol. The summed E-state index contributed by atoms with van der Waals surface area (Å²) in [5, 5.41) is 0. The van der Waals surface area contributed by atoms with Crippen LogP contribution in [0.3, 0.4) is 0 Å². The first kappa shape index (κ1) is 6.22. The normalized spacial score (nSPS) is 15.2. The molecule has 0 atom stereocenters. The Morgan fingerprint density at radius 1 is 1.20 bits per heavy atom. The van der Waals surface area contributed by atoms with Crippen LogP contribution in [0, 0.1) is 0 Å². The molecule has 0 saturated heterocycles. The Kier molecular flexibility index (Phi) is 2.22. The van der Waals surface area contributed by atoms with E-state index in [9.17, 15) is 0 Å². The Morgan fingerprint density at radius 2 is 1.20 bits per heavy atom. The molecule has 3 heteroatoms. The van der Waals surface area contributed by atoms with Crippen LogP contribution in [-0.4, -0.2) is 10.6 Å². The summed E-state index contributed by atoms with van der Waals surface area (Å²) >= 11 is 8.29. The summed E-state index contributed by atoms with van der Waals surface area (Å²) in [5.41, 5.74) is 0. The molecular formula is C2H8S2Se. The molecule has 0 aliphatic heterocycles. The SMILES string of the molecule is C[Se](C)(S)S. The van der Waals surface area contributed by atoms with Gasteiger partial charge in [0.2, 0.25) is 0 Å². The standard InChI is InChI=1S/C2H8S2Se/c1-5(2,3)4/h3-4H,1-2H3. The molecule has 0 N–H and O–H groups in total. The Balaban J connectivity index is 3.02. The van der Waals surface area contributed by atoms with Gasteiger partial charge in [0.15, 0.2) is 0 Å². The van der Waals surface area contributed by atoms with Crippen LogP contribution in [-0.2, 0) is 0 Å². The fraction of sp³-hybridized carbons (Fsp3) is 1.00. The average Bonchev–Trinajstić information content (AvgIpc) is 0.722. The monoisotopic (exact) mass is 176 g/mol.